The number of aromatic nitrogens is 5. The van der Waals surface area contributed by atoms with Gasteiger partial charge in [0, 0.05) is 47.6 Å². The number of piperidine rings is 1. The Balaban J connectivity index is 0.00000176. The number of amides is 1. The molecule has 2 aromatic carbocycles. The molecule has 9 nitrogen and oxygen atoms in total. The van der Waals surface area contributed by atoms with Gasteiger partial charge in [-0.3, -0.25) is 9.78 Å². The Hall–Kier alpha value is -3.17. The van der Waals surface area contributed by atoms with Crippen LogP contribution in [0.4, 0.5) is 8.78 Å². The summed E-state index contributed by atoms with van der Waals surface area (Å²) in [5.74, 6) is -0.0656. The van der Waals surface area contributed by atoms with Crippen molar-refractivity contribution in [2.24, 2.45) is 0 Å². The Morgan fingerprint density at radius 1 is 1.09 bits per heavy atom. The number of imidazole rings is 1. The lowest BCUT2D eigenvalue weighted by atomic mass is 9.99. The molecule has 242 valence electrons. The standard InChI is InChI=1S/C29H25ClF2N6O3.CH4.3H2S/c1-15(39)28(40)37-9-6-26(23(32)14-37)38-16(2)36-25-13-35-24-12-22(31)19(11-20(24)27(25)38)18-5-4-17(10-21(18)30)41-29-33-7-3-8-34-29;;;;/h3-5,7-8,10-13,15,23,26,39H,6,9,14H2,1-2H3;1H4;3*1H2/t15-,23-,26-;;;;/m0..../s1. The summed E-state index contributed by atoms with van der Waals surface area (Å²) in [4.78, 5) is 30.7. The number of ether oxygens (including phenoxy) is 1. The maximum atomic E-state index is 15.6. The van der Waals surface area contributed by atoms with Crippen LogP contribution in [0, 0.1) is 12.7 Å². The fraction of sp³-hybridized carbons (Fsp3) is 0.300. The number of nitrogens with zero attached hydrogens (tertiary/aromatic N) is 6. The summed E-state index contributed by atoms with van der Waals surface area (Å²) in [7, 11) is 0. The van der Waals surface area contributed by atoms with Gasteiger partial charge in [-0.1, -0.05) is 19.0 Å². The summed E-state index contributed by atoms with van der Waals surface area (Å²) in [6.07, 6.45) is 2.37. The first-order chi connectivity index (χ1) is 19.7. The molecule has 0 aliphatic carbocycles. The topological polar surface area (TPSA) is 106 Å². The zero-order valence-electron chi connectivity index (χ0n) is 23.6. The lowest BCUT2D eigenvalue weighted by Crippen LogP contribution is -2.48. The normalized spacial score (nSPS) is 16.5. The molecule has 3 atom stereocenters. The number of aliphatic hydroxyl groups is 1. The molecule has 3 aromatic heterocycles. The van der Waals surface area contributed by atoms with Crippen LogP contribution >= 0.6 is 52.1 Å². The molecule has 1 saturated heterocycles. The van der Waals surface area contributed by atoms with Crippen LogP contribution in [-0.4, -0.2) is 65.8 Å². The first kappa shape index (κ1) is 38.0. The quantitative estimate of drug-likeness (QED) is 0.227. The summed E-state index contributed by atoms with van der Waals surface area (Å²) in [5.41, 5.74) is 2.21. The van der Waals surface area contributed by atoms with Crippen molar-refractivity contribution in [2.75, 3.05) is 13.1 Å². The molecule has 1 aliphatic heterocycles. The molecular weight excluding hydrogens is 662 g/mol. The van der Waals surface area contributed by atoms with Crippen molar-refractivity contribution >= 4 is 79.9 Å². The predicted octanol–water partition coefficient (Wildman–Crippen LogP) is 6.40. The van der Waals surface area contributed by atoms with Gasteiger partial charge in [0.1, 0.15) is 35.2 Å². The third kappa shape index (κ3) is 7.30. The number of aliphatic hydroxyl groups excluding tert-OH is 1. The number of rotatable bonds is 5. The van der Waals surface area contributed by atoms with Crippen molar-refractivity contribution in [2.45, 2.75) is 46.0 Å². The van der Waals surface area contributed by atoms with E-state index in [-0.39, 0.29) is 77.6 Å². The van der Waals surface area contributed by atoms with Gasteiger partial charge in [-0.15, -0.1) is 0 Å². The Labute approximate surface area is 285 Å². The second kappa shape index (κ2) is 15.4. The van der Waals surface area contributed by atoms with Crippen molar-refractivity contribution in [1.29, 1.82) is 0 Å². The van der Waals surface area contributed by atoms with Gasteiger partial charge in [0.25, 0.3) is 5.91 Å². The van der Waals surface area contributed by atoms with Crippen LogP contribution in [0.5, 0.6) is 11.8 Å². The number of carbonyl (C=O) groups is 1. The van der Waals surface area contributed by atoms with Gasteiger partial charge in [0.15, 0.2) is 0 Å². The third-order valence-electron chi connectivity index (χ3n) is 7.27. The van der Waals surface area contributed by atoms with Gasteiger partial charge in [0.2, 0.25) is 0 Å². The third-order valence-corrected chi connectivity index (χ3v) is 7.58. The van der Waals surface area contributed by atoms with Crippen LogP contribution in [0.1, 0.15) is 32.6 Å². The number of likely N-dealkylation sites (tertiary alicyclic amines) is 1. The van der Waals surface area contributed by atoms with E-state index >= 15 is 8.78 Å². The number of alkyl halides is 1. The number of halogens is 3. The van der Waals surface area contributed by atoms with Crippen molar-refractivity contribution in [3.63, 3.8) is 0 Å². The fourth-order valence-electron chi connectivity index (χ4n) is 5.40. The van der Waals surface area contributed by atoms with Crippen molar-refractivity contribution < 1.29 is 23.4 Å². The zero-order chi connectivity index (χ0) is 28.8. The zero-order valence-corrected chi connectivity index (χ0v) is 27.4. The first-order valence-corrected chi connectivity index (χ1v) is 13.4. The Bertz CT molecular complexity index is 1800. The summed E-state index contributed by atoms with van der Waals surface area (Å²) >= 11 is 6.59. The molecule has 0 spiro atoms. The van der Waals surface area contributed by atoms with E-state index in [0.29, 0.717) is 45.5 Å². The highest BCUT2D eigenvalue weighted by molar-refractivity contribution is 7.59. The smallest absolute Gasteiger partial charge is 0.321 e. The molecule has 0 saturated carbocycles. The van der Waals surface area contributed by atoms with Crippen LogP contribution < -0.4 is 4.74 Å². The molecule has 0 bridgehead atoms. The monoisotopic (exact) mass is 696 g/mol. The van der Waals surface area contributed by atoms with Crippen LogP contribution in [0.2, 0.25) is 5.02 Å². The van der Waals surface area contributed by atoms with E-state index in [1.165, 1.54) is 17.9 Å². The first-order valence-electron chi connectivity index (χ1n) is 13.0. The van der Waals surface area contributed by atoms with E-state index in [4.69, 9.17) is 16.3 Å². The lowest BCUT2D eigenvalue weighted by molar-refractivity contribution is -0.142. The van der Waals surface area contributed by atoms with E-state index in [9.17, 15) is 9.90 Å². The molecule has 5 aromatic rings. The highest BCUT2D eigenvalue weighted by atomic mass is 35.5. The molecule has 4 heterocycles. The van der Waals surface area contributed by atoms with Gasteiger partial charge in [0.05, 0.1) is 34.8 Å². The summed E-state index contributed by atoms with van der Waals surface area (Å²) in [5, 5.41) is 10.5. The number of carbonyl (C=O) groups excluding carboxylic acids is 1. The highest BCUT2D eigenvalue weighted by Crippen LogP contribution is 2.39. The molecule has 45 heavy (non-hydrogen) atoms. The number of aryl methyl sites for hydroxylation is 1. The molecule has 1 amide bonds. The van der Waals surface area contributed by atoms with Crippen LogP contribution in [0.3, 0.4) is 0 Å². The minimum atomic E-state index is -1.40. The molecule has 15 heteroatoms. The van der Waals surface area contributed by atoms with Crippen LogP contribution in [0.15, 0.2) is 55.0 Å². The van der Waals surface area contributed by atoms with Gasteiger partial charge >= 0.3 is 6.01 Å². The number of fused-ring (bicyclic) bond motifs is 3. The largest absolute Gasteiger partial charge is 0.424 e. The van der Waals surface area contributed by atoms with Crippen LogP contribution in [0.25, 0.3) is 33.1 Å². The Morgan fingerprint density at radius 2 is 1.80 bits per heavy atom. The fourth-order valence-corrected chi connectivity index (χ4v) is 5.67. The summed E-state index contributed by atoms with van der Waals surface area (Å²) in [6.45, 7) is 3.29. The molecule has 1 aliphatic rings. The van der Waals surface area contributed by atoms with Crippen molar-refractivity contribution in [3.8, 4) is 22.9 Å². The number of hydrogen-bond acceptors (Lipinski definition) is 7. The molecule has 6 rings (SSSR count). The van der Waals surface area contributed by atoms with Crippen LogP contribution in [-0.2, 0) is 4.79 Å². The molecule has 1 N–H and O–H groups in total. The second-order valence-electron chi connectivity index (χ2n) is 9.98. The maximum Gasteiger partial charge on any atom is 0.321 e. The minimum absolute atomic E-state index is 0. The minimum Gasteiger partial charge on any atom is -0.424 e. The molecule has 0 unspecified atom stereocenters. The molecule has 0 radical (unpaired) electrons. The van der Waals surface area contributed by atoms with E-state index in [1.807, 2.05) is 4.57 Å². The molecule has 1 fully saturated rings. The van der Waals surface area contributed by atoms with Gasteiger partial charge in [-0.25, -0.2) is 23.7 Å². The maximum absolute atomic E-state index is 15.6. The highest BCUT2D eigenvalue weighted by Gasteiger charge is 2.35. The van der Waals surface area contributed by atoms with Gasteiger partial charge in [-0.05, 0) is 44.5 Å². The lowest BCUT2D eigenvalue weighted by Gasteiger charge is -2.36. The van der Waals surface area contributed by atoms with Crippen molar-refractivity contribution in [1.82, 2.24) is 29.4 Å². The van der Waals surface area contributed by atoms with E-state index in [2.05, 4.69) is 19.9 Å². The number of hydrogen-bond donors (Lipinski definition) is 1. The molecular formula is C30H35ClF2N6O3S3. The van der Waals surface area contributed by atoms with E-state index in [1.54, 1.807) is 55.8 Å². The van der Waals surface area contributed by atoms with Gasteiger partial charge < -0.3 is 19.3 Å². The second-order valence-corrected chi connectivity index (χ2v) is 10.4. The summed E-state index contributed by atoms with van der Waals surface area (Å²) in [6, 6.07) is 9.03. The van der Waals surface area contributed by atoms with E-state index < -0.39 is 30.0 Å². The van der Waals surface area contributed by atoms with E-state index in [0.717, 1.165) is 0 Å². The Morgan fingerprint density at radius 3 is 2.44 bits per heavy atom. The number of benzene rings is 2. The average Bonchev–Trinajstić information content (AvgIpc) is 3.29. The Kier molecular flexibility index (Phi) is 13.0. The van der Waals surface area contributed by atoms with Crippen molar-refractivity contribution in [3.05, 3.63) is 71.7 Å². The predicted molar refractivity (Wildman–Crippen MR) is 187 cm³/mol. The average molecular weight is 697 g/mol. The van der Waals surface area contributed by atoms with Gasteiger partial charge in [-0.2, -0.15) is 40.5 Å². The summed E-state index contributed by atoms with van der Waals surface area (Å²) < 4.78 is 38.5. The SMILES string of the molecule is C.Cc1nc2cnc3cc(F)c(-c4ccc(Oc5ncccn5)cc4Cl)cc3c2n1[C@H]1CCN(C(=O)[C@H](C)O)C[C@@H]1F.S.S.S. The number of pyridine rings is 1.